The first-order chi connectivity index (χ1) is 8.63. The fourth-order valence-corrected chi connectivity index (χ4v) is 1.33. The van der Waals surface area contributed by atoms with Crippen LogP contribution in [0.4, 0.5) is 5.69 Å². The SMILES string of the molecule is C=CCNCC(=O)NCc1cccc([N+](=O)[O-])c1. The summed E-state index contributed by atoms with van der Waals surface area (Å²) in [7, 11) is 0. The summed E-state index contributed by atoms with van der Waals surface area (Å²) in [6.07, 6.45) is 1.66. The van der Waals surface area contributed by atoms with E-state index in [1.165, 1.54) is 12.1 Å². The fraction of sp³-hybridized carbons (Fsp3) is 0.250. The van der Waals surface area contributed by atoms with Gasteiger partial charge in [0.25, 0.3) is 5.69 Å². The Labute approximate surface area is 105 Å². The van der Waals surface area contributed by atoms with Crippen molar-refractivity contribution in [1.82, 2.24) is 10.6 Å². The Balaban J connectivity index is 2.43. The van der Waals surface area contributed by atoms with Gasteiger partial charge in [-0.3, -0.25) is 14.9 Å². The van der Waals surface area contributed by atoms with Crippen LogP contribution in [0.25, 0.3) is 0 Å². The van der Waals surface area contributed by atoms with Crippen molar-refractivity contribution in [3.05, 3.63) is 52.6 Å². The highest BCUT2D eigenvalue weighted by atomic mass is 16.6. The van der Waals surface area contributed by atoms with E-state index in [-0.39, 0.29) is 24.7 Å². The van der Waals surface area contributed by atoms with Crippen molar-refractivity contribution in [2.24, 2.45) is 0 Å². The normalized spacial score (nSPS) is 9.78. The average molecular weight is 249 g/mol. The van der Waals surface area contributed by atoms with Gasteiger partial charge in [0.15, 0.2) is 0 Å². The molecule has 0 atom stereocenters. The summed E-state index contributed by atoms with van der Waals surface area (Å²) < 4.78 is 0. The molecular formula is C12H15N3O3. The molecule has 96 valence electrons. The van der Waals surface area contributed by atoms with E-state index < -0.39 is 4.92 Å². The second-order valence-electron chi connectivity index (χ2n) is 3.62. The predicted molar refractivity (Wildman–Crippen MR) is 68.0 cm³/mol. The number of hydrogen-bond acceptors (Lipinski definition) is 4. The Morgan fingerprint density at radius 1 is 1.50 bits per heavy atom. The quantitative estimate of drug-likeness (QED) is 0.326. The summed E-state index contributed by atoms with van der Waals surface area (Å²) in [5.74, 6) is -0.164. The molecule has 6 heteroatoms. The second kappa shape index (κ2) is 7.18. The van der Waals surface area contributed by atoms with Crippen molar-refractivity contribution in [2.75, 3.05) is 13.1 Å². The summed E-state index contributed by atoms with van der Waals surface area (Å²) in [6.45, 7) is 4.55. The van der Waals surface area contributed by atoms with Gasteiger partial charge in [0.05, 0.1) is 11.5 Å². The van der Waals surface area contributed by atoms with Crippen molar-refractivity contribution in [3.63, 3.8) is 0 Å². The minimum atomic E-state index is -0.461. The number of benzene rings is 1. The summed E-state index contributed by atoms with van der Waals surface area (Å²) >= 11 is 0. The molecule has 0 aliphatic rings. The molecular weight excluding hydrogens is 234 g/mol. The standard InChI is InChI=1S/C12H15N3O3/c1-2-6-13-9-12(16)14-8-10-4-3-5-11(7-10)15(17)18/h2-5,7,13H,1,6,8-9H2,(H,14,16). The molecule has 0 bridgehead atoms. The van der Waals surface area contributed by atoms with Gasteiger partial charge >= 0.3 is 0 Å². The maximum Gasteiger partial charge on any atom is 0.269 e. The Morgan fingerprint density at radius 3 is 2.94 bits per heavy atom. The highest BCUT2D eigenvalue weighted by Crippen LogP contribution is 2.12. The van der Waals surface area contributed by atoms with Gasteiger partial charge < -0.3 is 10.6 Å². The molecule has 0 aromatic heterocycles. The van der Waals surface area contributed by atoms with E-state index in [0.29, 0.717) is 12.1 Å². The Hall–Kier alpha value is -2.21. The molecule has 0 spiro atoms. The molecule has 1 amide bonds. The molecule has 0 aliphatic carbocycles. The van der Waals surface area contributed by atoms with Gasteiger partial charge in [-0.1, -0.05) is 18.2 Å². The largest absolute Gasteiger partial charge is 0.351 e. The summed E-state index contributed by atoms with van der Waals surface area (Å²) in [5.41, 5.74) is 0.716. The molecule has 1 aromatic rings. The number of nitro groups is 1. The highest BCUT2D eigenvalue weighted by Gasteiger charge is 2.06. The first kappa shape index (κ1) is 13.9. The summed E-state index contributed by atoms with van der Waals surface area (Å²) in [6, 6.07) is 6.18. The number of nitrogens with zero attached hydrogens (tertiary/aromatic N) is 1. The minimum absolute atomic E-state index is 0.0199. The molecule has 1 rings (SSSR count). The molecule has 6 nitrogen and oxygen atoms in total. The lowest BCUT2D eigenvalue weighted by atomic mass is 10.2. The van der Waals surface area contributed by atoms with Crippen LogP contribution >= 0.6 is 0 Å². The van der Waals surface area contributed by atoms with Crippen LogP contribution in [-0.2, 0) is 11.3 Å². The Bertz CT molecular complexity index is 446. The van der Waals surface area contributed by atoms with Gasteiger partial charge in [0.2, 0.25) is 5.91 Å². The third-order valence-corrected chi connectivity index (χ3v) is 2.19. The number of amides is 1. The molecule has 2 N–H and O–H groups in total. The molecule has 0 saturated carbocycles. The fourth-order valence-electron chi connectivity index (χ4n) is 1.33. The smallest absolute Gasteiger partial charge is 0.269 e. The zero-order valence-electron chi connectivity index (χ0n) is 9.89. The number of nitro benzene ring substituents is 1. The van der Waals surface area contributed by atoms with Crippen LogP contribution in [0.2, 0.25) is 0 Å². The Morgan fingerprint density at radius 2 is 2.28 bits per heavy atom. The van der Waals surface area contributed by atoms with Crippen LogP contribution in [0.1, 0.15) is 5.56 Å². The topological polar surface area (TPSA) is 84.3 Å². The van der Waals surface area contributed by atoms with Crippen LogP contribution < -0.4 is 10.6 Å². The zero-order valence-corrected chi connectivity index (χ0v) is 9.89. The number of hydrogen-bond donors (Lipinski definition) is 2. The molecule has 0 heterocycles. The molecule has 0 radical (unpaired) electrons. The molecule has 0 saturated heterocycles. The van der Waals surface area contributed by atoms with Crippen LogP contribution in [-0.4, -0.2) is 23.9 Å². The maximum absolute atomic E-state index is 11.4. The first-order valence-electron chi connectivity index (χ1n) is 5.45. The third kappa shape index (κ3) is 4.75. The third-order valence-electron chi connectivity index (χ3n) is 2.19. The minimum Gasteiger partial charge on any atom is -0.351 e. The van der Waals surface area contributed by atoms with E-state index in [2.05, 4.69) is 17.2 Å². The van der Waals surface area contributed by atoms with Gasteiger partial charge in [0.1, 0.15) is 0 Å². The van der Waals surface area contributed by atoms with E-state index in [4.69, 9.17) is 0 Å². The molecule has 0 aliphatic heterocycles. The van der Waals surface area contributed by atoms with E-state index in [0.717, 1.165) is 0 Å². The van der Waals surface area contributed by atoms with Crippen molar-refractivity contribution in [1.29, 1.82) is 0 Å². The van der Waals surface area contributed by atoms with Crippen molar-refractivity contribution >= 4 is 11.6 Å². The number of rotatable bonds is 7. The van der Waals surface area contributed by atoms with Crippen molar-refractivity contribution in [2.45, 2.75) is 6.54 Å². The summed E-state index contributed by atoms with van der Waals surface area (Å²) in [5, 5.41) is 16.1. The maximum atomic E-state index is 11.4. The second-order valence-corrected chi connectivity index (χ2v) is 3.62. The number of nitrogens with one attached hydrogen (secondary N) is 2. The lowest BCUT2D eigenvalue weighted by Crippen LogP contribution is -2.33. The van der Waals surface area contributed by atoms with E-state index >= 15 is 0 Å². The number of non-ortho nitro benzene ring substituents is 1. The predicted octanol–water partition coefficient (Wildman–Crippen LogP) is 0.987. The monoisotopic (exact) mass is 249 g/mol. The van der Waals surface area contributed by atoms with Gasteiger partial charge in [-0.2, -0.15) is 0 Å². The Kier molecular flexibility index (Phi) is 5.53. The van der Waals surface area contributed by atoms with Crippen LogP contribution in [0.3, 0.4) is 0 Å². The lowest BCUT2D eigenvalue weighted by Gasteiger charge is -2.05. The van der Waals surface area contributed by atoms with Gasteiger partial charge in [-0.05, 0) is 5.56 Å². The molecule has 0 unspecified atom stereocenters. The van der Waals surface area contributed by atoms with Crippen LogP contribution in [0.15, 0.2) is 36.9 Å². The van der Waals surface area contributed by atoms with Crippen molar-refractivity contribution < 1.29 is 9.72 Å². The zero-order chi connectivity index (χ0) is 13.4. The lowest BCUT2D eigenvalue weighted by molar-refractivity contribution is -0.384. The van der Waals surface area contributed by atoms with E-state index in [1.807, 2.05) is 0 Å². The van der Waals surface area contributed by atoms with Crippen molar-refractivity contribution in [3.8, 4) is 0 Å². The van der Waals surface area contributed by atoms with Crippen LogP contribution in [0, 0.1) is 10.1 Å². The van der Waals surface area contributed by atoms with E-state index in [9.17, 15) is 14.9 Å². The van der Waals surface area contributed by atoms with E-state index in [1.54, 1.807) is 18.2 Å². The van der Waals surface area contributed by atoms with Crippen LogP contribution in [0.5, 0.6) is 0 Å². The first-order valence-corrected chi connectivity index (χ1v) is 5.45. The highest BCUT2D eigenvalue weighted by molar-refractivity contribution is 5.78. The van der Waals surface area contributed by atoms with Gasteiger partial charge in [0, 0.05) is 25.2 Å². The number of carbonyl (C=O) groups is 1. The molecule has 18 heavy (non-hydrogen) atoms. The van der Waals surface area contributed by atoms with Gasteiger partial charge in [-0.15, -0.1) is 6.58 Å². The number of carbonyl (C=O) groups excluding carboxylic acids is 1. The molecule has 0 fully saturated rings. The molecule has 1 aromatic carbocycles. The van der Waals surface area contributed by atoms with Gasteiger partial charge in [-0.25, -0.2) is 0 Å². The average Bonchev–Trinajstić information content (AvgIpc) is 2.37. The summed E-state index contributed by atoms with van der Waals surface area (Å²) in [4.78, 5) is 21.5.